The third-order valence-electron chi connectivity index (χ3n) is 2.01. The lowest BCUT2D eigenvalue weighted by Crippen LogP contribution is -2.18. The van der Waals surface area contributed by atoms with E-state index in [1.54, 1.807) is 0 Å². The lowest BCUT2D eigenvalue weighted by atomic mass is 10.3. The van der Waals surface area contributed by atoms with Crippen molar-refractivity contribution >= 4 is 33.5 Å². The average molecular weight is 289 g/mol. The van der Waals surface area contributed by atoms with E-state index in [1.807, 2.05) is 18.0 Å². The van der Waals surface area contributed by atoms with Crippen LogP contribution in [0.25, 0.3) is 0 Å². The molecule has 0 saturated carbocycles. The predicted octanol–water partition coefficient (Wildman–Crippen LogP) is 3.71. The second kappa shape index (κ2) is 6.38. The van der Waals surface area contributed by atoms with Crippen molar-refractivity contribution in [3.8, 4) is 0 Å². The van der Waals surface area contributed by atoms with Crippen LogP contribution in [0.1, 0.15) is 19.4 Å². The molecule has 1 unspecified atom stereocenters. The van der Waals surface area contributed by atoms with Crippen LogP contribution in [-0.2, 0) is 0 Å². The molecule has 2 nitrogen and oxygen atoms in total. The summed E-state index contributed by atoms with van der Waals surface area (Å²) in [5.74, 6) is 3.24. The number of aryl methyl sites for hydroxylation is 1. The van der Waals surface area contributed by atoms with Gasteiger partial charge in [0.25, 0.3) is 0 Å². The van der Waals surface area contributed by atoms with Gasteiger partial charge in [-0.1, -0.05) is 6.92 Å². The molecule has 0 aliphatic heterocycles. The van der Waals surface area contributed by atoms with Gasteiger partial charge >= 0.3 is 0 Å². The van der Waals surface area contributed by atoms with Gasteiger partial charge in [0, 0.05) is 22.5 Å². The number of anilines is 1. The Bertz CT molecular complexity index is 317. The molecule has 84 valence electrons. The molecule has 1 heterocycles. The van der Waals surface area contributed by atoms with E-state index >= 15 is 0 Å². The highest BCUT2D eigenvalue weighted by Gasteiger charge is 2.03. The quantitative estimate of drug-likeness (QED) is 0.894. The molecular formula is C11H17BrN2S. The lowest BCUT2D eigenvalue weighted by Gasteiger charge is -2.14. The van der Waals surface area contributed by atoms with Gasteiger partial charge in [-0.05, 0) is 47.2 Å². The summed E-state index contributed by atoms with van der Waals surface area (Å²) < 4.78 is 1.06. The molecule has 1 N–H and O–H groups in total. The van der Waals surface area contributed by atoms with Crippen molar-refractivity contribution in [1.82, 2.24) is 4.98 Å². The Balaban J connectivity index is 2.53. The minimum Gasteiger partial charge on any atom is -0.367 e. The molecule has 0 fully saturated rings. The molecule has 1 aromatic heterocycles. The summed E-state index contributed by atoms with van der Waals surface area (Å²) in [6.07, 6.45) is 1.84. The van der Waals surface area contributed by atoms with Crippen LogP contribution < -0.4 is 5.32 Å². The fourth-order valence-electron chi connectivity index (χ4n) is 1.21. The summed E-state index contributed by atoms with van der Waals surface area (Å²) in [7, 11) is 0. The Kier molecular flexibility index (Phi) is 5.47. The molecule has 0 aliphatic carbocycles. The highest BCUT2D eigenvalue weighted by molar-refractivity contribution is 9.10. The number of hydrogen-bond donors (Lipinski definition) is 1. The van der Waals surface area contributed by atoms with E-state index in [1.165, 1.54) is 11.3 Å². The molecule has 0 spiro atoms. The van der Waals surface area contributed by atoms with Crippen molar-refractivity contribution in [3.63, 3.8) is 0 Å². The summed E-state index contributed by atoms with van der Waals surface area (Å²) in [6, 6.07) is 2.53. The Morgan fingerprint density at radius 3 is 2.93 bits per heavy atom. The SMILES string of the molecule is CCSCC(C)Nc1cc(C)c(Br)cn1. The number of pyridine rings is 1. The number of thioether (sulfide) groups is 1. The third kappa shape index (κ3) is 4.43. The third-order valence-corrected chi connectivity index (χ3v) is 3.99. The summed E-state index contributed by atoms with van der Waals surface area (Å²) in [5.41, 5.74) is 1.21. The van der Waals surface area contributed by atoms with Crippen molar-refractivity contribution < 1.29 is 0 Å². The zero-order chi connectivity index (χ0) is 11.3. The fraction of sp³-hybridized carbons (Fsp3) is 0.545. The number of halogens is 1. The average Bonchev–Trinajstić information content (AvgIpc) is 2.20. The maximum atomic E-state index is 4.32. The van der Waals surface area contributed by atoms with Gasteiger partial charge in [-0.3, -0.25) is 0 Å². The van der Waals surface area contributed by atoms with E-state index in [4.69, 9.17) is 0 Å². The monoisotopic (exact) mass is 288 g/mol. The number of nitrogens with one attached hydrogen (secondary N) is 1. The lowest BCUT2D eigenvalue weighted by molar-refractivity contribution is 0.901. The van der Waals surface area contributed by atoms with Gasteiger partial charge in [0.2, 0.25) is 0 Å². The van der Waals surface area contributed by atoms with Crippen LogP contribution in [0, 0.1) is 6.92 Å². The normalized spacial score (nSPS) is 12.5. The maximum absolute atomic E-state index is 4.32. The molecule has 1 atom stereocenters. The number of nitrogens with zero attached hydrogens (tertiary/aromatic N) is 1. The molecule has 0 saturated heterocycles. The summed E-state index contributed by atoms with van der Waals surface area (Å²) in [5, 5.41) is 3.39. The van der Waals surface area contributed by atoms with Gasteiger partial charge in [0.1, 0.15) is 5.82 Å². The molecule has 1 rings (SSSR count). The van der Waals surface area contributed by atoms with Gasteiger partial charge in [0.15, 0.2) is 0 Å². The number of aromatic nitrogens is 1. The minimum absolute atomic E-state index is 0.461. The molecule has 0 radical (unpaired) electrons. The van der Waals surface area contributed by atoms with Gasteiger partial charge in [-0.2, -0.15) is 11.8 Å². The first-order chi connectivity index (χ1) is 7.13. The van der Waals surface area contributed by atoms with Crippen LogP contribution in [0.4, 0.5) is 5.82 Å². The topological polar surface area (TPSA) is 24.9 Å². The van der Waals surface area contributed by atoms with E-state index < -0.39 is 0 Å². The van der Waals surface area contributed by atoms with E-state index in [2.05, 4.69) is 53.1 Å². The van der Waals surface area contributed by atoms with Gasteiger partial charge in [0.05, 0.1) is 0 Å². The van der Waals surface area contributed by atoms with Crippen molar-refractivity contribution in [2.24, 2.45) is 0 Å². The summed E-state index contributed by atoms with van der Waals surface area (Å²) in [6.45, 7) is 6.43. The second-order valence-electron chi connectivity index (χ2n) is 3.52. The van der Waals surface area contributed by atoms with Crippen LogP contribution >= 0.6 is 27.7 Å². The summed E-state index contributed by atoms with van der Waals surface area (Å²) in [4.78, 5) is 4.32. The Morgan fingerprint density at radius 2 is 2.33 bits per heavy atom. The maximum Gasteiger partial charge on any atom is 0.126 e. The molecular weight excluding hydrogens is 272 g/mol. The largest absolute Gasteiger partial charge is 0.367 e. The fourth-order valence-corrected chi connectivity index (χ4v) is 2.10. The smallest absolute Gasteiger partial charge is 0.126 e. The zero-order valence-electron chi connectivity index (χ0n) is 9.38. The van der Waals surface area contributed by atoms with E-state index in [-0.39, 0.29) is 0 Å². The Hall–Kier alpha value is -0.220. The van der Waals surface area contributed by atoms with Crippen molar-refractivity contribution in [2.75, 3.05) is 16.8 Å². The first kappa shape index (κ1) is 12.8. The van der Waals surface area contributed by atoms with Crippen LogP contribution in [0.3, 0.4) is 0 Å². The van der Waals surface area contributed by atoms with Crippen LogP contribution in [0.2, 0.25) is 0 Å². The zero-order valence-corrected chi connectivity index (χ0v) is 11.8. The Morgan fingerprint density at radius 1 is 1.60 bits per heavy atom. The van der Waals surface area contributed by atoms with Crippen LogP contribution in [0.15, 0.2) is 16.7 Å². The molecule has 4 heteroatoms. The van der Waals surface area contributed by atoms with Crippen molar-refractivity contribution in [3.05, 3.63) is 22.3 Å². The van der Waals surface area contributed by atoms with Crippen LogP contribution in [-0.4, -0.2) is 22.5 Å². The van der Waals surface area contributed by atoms with E-state index in [0.29, 0.717) is 6.04 Å². The molecule has 15 heavy (non-hydrogen) atoms. The highest BCUT2D eigenvalue weighted by atomic mass is 79.9. The predicted molar refractivity (Wildman–Crippen MR) is 72.8 cm³/mol. The second-order valence-corrected chi connectivity index (χ2v) is 5.70. The molecule has 0 aromatic carbocycles. The summed E-state index contributed by atoms with van der Waals surface area (Å²) >= 11 is 5.39. The molecule has 0 bridgehead atoms. The Labute approximate surface area is 104 Å². The van der Waals surface area contributed by atoms with Crippen molar-refractivity contribution in [1.29, 1.82) is 0 Å². The van der Waals surface area contributed by atoms with Crippen molar-refractivity contribution in [2.45, 2.75) is 26.8 Å². The van der Waals surface area contributed by atoms with Gasteiger partial charge in [-0.25, -0.2) is 4.98 Å². The molecule has 0 aliphatic rings. The van der Waals surface area contributed by atoms with Crippen LogP contribution in [0.5, 0.6) is 0 Å². The number of hydrogen-bond acceptors (Lipinski definition) is 3. The standard InChI is InChI=1S/C11H17BrN2S/c1-4-15-7-9(3)14-11-5-8(2)10(12)6-13-11/h5-6,9H,4,7H2,1-3H3,(H,13,14). The highest BCUT2D eigenvalue weighted by Crippen LogP contribution is 2.18. The first-order valence-corrected chi connectivity index (χ1v) is 7.04. The minimum atomic E-state index is 0.461. The number of rotatable bonds is 5. The van der Waals surface area contributed by atoms with Gasteiger partial charge < -0.3 is 5.32 Å². The van der Waals surface area contributed by atoms with Gasteiger partial charge in [-0.15, -0.1) is 0 Å². The molecule has 0 amide bonds. The van der Waals surface area contributed by atoms with E-state index in [0.717, 1.165) is 16.0 Å². The molecule has 1 aromatic rings. The van der Waals surface area contributed by atoms with E-state index in [9.17, 15) is 0 Å². The first-order valence-electron chi connectivity index (χ1n) is 5.10.